The van der Waals surface area contributed by atoms with Gasteiger partial charge in [-0.2, -0.15) is 5.10 Å². The van der Waals surface area contributed by atoms with E-state index in [2.05, 4.69) is 15.8 Å². The van der Waals surface area contributed by atoms with Crippen LogP contribution in [0.5, 0.6) is 0 Å². The Hall–Kier alpha value is -2.66. The summed E-state index contributed by atoms with van der Waals surface area (Å²) in [6.45, 7) is 1.78. The van der Waals surface area contributed by atoms with Gasteiger partial charge in [0.15, 0.2) is 0 Å². The van der Waals surface area contributed by atoms with E-state index in [-0.39, 0.29) is 6.42 Å². The quantitative estimate of drug-likeness (QED) is 0.502. The molecule has 0 unspecified atom stereocenters. The molecule has 0 aliphatic rings. The smallest absolute Gasteiger partial charge is 0.249 e. The first-order valence-electron chi connectivity index (χ1n) is 6.99. The van der Waals surface area contributed by atoms with E-state index in [9.17, 15) is 9.59 Å². The monoisotopic (exact) mass is 329 g/mol. The van der Waals surface area contributed by atoms with Crippen molar-refractivity contribution in [1.29, 1.82) is 0 Å². The average molecular weight is 330 g/mol. The Balaban J connectivity index is 1.87. The number of hydrazone groups is 1. The molecule has 0 aliphatic carbocycles. The van der Waals surface area contributed by atoms with Crippen molar-refractivity contribution in [3.63, 3.8) is 0 Å². The lowest BCUT2D eigenvalue weighted by molar-refractivity contribution is -0.126. The van der Waals surface area contributed by atoms with E-state index in [0.29, 0.717) is 16.4 Å². The first-order chi connectivity index (χ1) is 11.1. The fraction of sp³-hybridized carbons (Fsp3) is 0.118. The lowest BCUT2D eigenvalue weighted by Crippen LogP contribution is -2.25. The van der Waals surface area contributed by atoms with Crippen LogP contribution in [0.1, 0.15) is 18.9 Å². The van der Waals surface area contributed by atoms with Crippen LogP contribution in [-0.2, 0) is 9.59 Å². The summed E-state index contributed by atoms with van der Waals surface area (Å²) in [6.07, 6.45) is -0.337. The molecule has 2 amide bonds. The second-order valence-electron chi connectivity index (χ2n) is 4.80. The highest BCUT2D eigenvalue weighted by molar-refractivity contribution is 6.33. The number of anilines is 1. The molecule has 0 heterocycles. The molecule has 0 atom stereocenters. The predicted octanol–water partition coefficient (Wildman–Crippen LogP) is 3.21. The molecular formula is C17H16ClN3O2. The zero-order valence-corrected chi connectivity index (χ0v) is 13.3. The zero-order valence-electron chi connectivity index (χ0n) is 12.5. The molecular weight excluding hydrogens is 314 g/mol. The fourth-order valence-electron chi connectivity index (χ4n) is 1.83. The predicted molar refractivity (Wildman–Crippen MR) is 91.5 cm³/mol. The van der Waals surface area contributed by atoms with Gasteiger partial charge in [0.2, 0.25) is 11.8 Å². The summed E-state index contributed by atoms with van der Waals surface area (Å²) in [6, 6.07) is 16.3. The number of para-hydroxylation sites is 1. The molecule has 2 rings (SSSR count). The number of amides is 2. The van der Waals surface area contributed by atoms with Crippen molar-refractivity contribution in [2.45, 2.75) is 13.3 Å². The number of nitrogens with zero attached hydrogens (tertiary/aromatic N) is 1. The lowest BCUT2D eigenvalue weighted by Gasteiger charge is -2.06. The molecule has 118 valence electrons. The number of benzene rings is 2. The van der Waals surface area contributed by atoms with E-state index < -0.39 is 11.8 Å². The summed E-state index contributed by atoms with van der Waals surface area (Å²) in [5.41, 5.74) is 4.39. The van der Waals surface area contributed by atoms with Crippen molar-refractivity contribution in [2.24, 2.45) is 5.10 Å². The lowest BCUT2D eigenvalue weighted by atomic mass is 10.1. The van der Waals surface area contributed by atoms with Gasteiger partial charge in [0.05, 0.1) is 16.4 Å². The summed E-state index contributed by atoms with van der Waals surface area (Å²) in [7, 11) is 0. The molecule has 5 nitrogen and oxygen atoms in total. The molecule has 0 aliphatic heterocycles. The molecule has 0 radical (unpaired) electrons. The average Bonchev–Trinajstić information content (AvgIpc) is 2.55. The fourth-order valence-corrected chi connectivity index (χ4v) is 2.02. The van der Waals surface area contributed by atoms with Crippen molar-refractivity contribution < 1.29 is 9.59 Å². The number of nitrogens with one attached hydrogen (secondary N) is 2. The van der Waals surface area contributed by atoms with Crippen LogP contribution in [0.3, 0.4) is 0 Å². The third kappa shape index (κ3) is 5.23. The summed E-state index contributed by atoms with van der Waals surface area (Å²) in [5, 5.41) is 6.98. The second kappa shape index (κ2) is 8.10. The number of hydrogen-bond donors (Lipinski definition) is 2. The Kier molecular flexibility index (Phi) is 5.88. The molecule has 0 saturated carbocycles. The minimum absolute atomic E-state index is 0.337. The van der Waals surface area contributed by atoms with Crippen LogP contribution in [0, 0.1) is 0 Å². The van der Waals surface area contributed by atoms with Gasteiger partial charge in [-0.1, -0.05) is 54.1 Å². The highest BCUT2D eigenvalue weighted by atomic mass is 35.5. The van der Waals surface area contributed by atoms with Crippen molar-refractivity contribution in [3.8, 4) is 0 Å². The molecule has 0 spiro atoms. The number of carbonyl (C=O) groups excluding carboxylic acids is 2. The Morgan fingerprint density at radius 2 is 1.65 bits per heavy atom. The van der Waals surface area contributed by atoms with E-state index in [1.165, 1.54) is 0 Å². The van der Waals surface area contributed by atoms with Crippen LogP contribution in [0.2, 0.25) is 5.02 Å². The minimum atomic E-state index is -0.496. The van der Waals surface area contributed by atoms with Crippen molar-refractivity contribution >= 4 is 34.8 Å². The molecule has 0 aromatic heterocycles. The molecule has 0 fully saturated rings. The molecule has 2 aromatic carbocycles. The molecule has 23 heavy (non-hydrogen) atoms. The van der Waals surface area contributed by atoms with Crippen LogP contribution < -0.4 is 10.7 Å². The maximum atomic E-state index is 11.8. The summed E-state index contributed by atoms with van der Waals surface area (Å²) in [4.78, 5) is 23.6. The van der Waals surface area contributed by atoms with Crippen LogP contribution >= 0.6 is 11.6 Å². The van der Waals surface area contributed by atoms with Gasteiger partial charge in [0.25, 0.3) is 0 Å². The van der Waals surface area contributed by atoms with E-state index in [0.717, 1.165) is 5.56 Å². The first kappa shape index (κ1) is 16.7. The van der Waals surface area contributed by atoms with E-state index in [1.54, 1.807) is 31.2 Å². The van der Waals surface area contributed by atoms with Crippen LogP contribution in [0.4, 0.5) is 5.69 Å². The van der Waals surface area contributed by atoms with E-state index in [4.69, 9.17) is 11.6 Å². The van der Waals surface area contributed by atoms with Gasteiger partial charge >= 0.3 is 0 Å². The molecule has 0 saturated heterocycles. The van der Waals surface area contributed by atoms with Gasteiger partial charge in [-0.15, -0.1) is 0 Å². The SMILES string of the molecule is CC(=NNC(=O)CC(=O)Nc1ccccc1Cl)c1ccccc1. The number of hydrogen-bond acceptors (Lipinski definition) is 3. The van der Waals surface area contributed by atoms with Gasteiger partial charge in [-0.3, -0.25) is 9.59 Å². The maximum absolute atomic E-state index is 11.8. The molecule has 6 heteroatoms. The molecule has 2 N–H and O–H groups in total. The number of carbonyl (C=O) groups is 2. The van der Waals surface area contributed by atoms with Gasteiger partial charge in [-0.05, 0) is 24.6 Å². The summed E-state index contributed by atoms with van der Waals surface area (Å²) in [5.74, 6) is -0.951. The third-order valence-electron chi connectivity index (χ3n) is 3.01. The highest BCUT2D eigenvalue weighted by Gasteiger charge is 2.10. The normalized spacial score (nSPS) is 11.0. The minimum Gasteiger partial charge on any atom is -0.324 e. The largest absolute Gasteiger partial charge is 0.324 e. The maximum Gasteiger partial charge on any atom is 0.249 e. The number of halogens is 1. The second-order valence-corrected chi connectivity index (χ2v) is 5.21. The van der Waals surface area contributed by atoms with Crippen LogP contribution in [-0.4, -0.2) is 17.5 Å². The van der Waals surface area contributed by atoms with Crippen LogP contribution in [0.15, 0.2) is 59.7 Å². The summed E-state index contributed by atoms with van der Waals surface area (Å²) < 4.78 is 0. The van der Waals surface area contributed by atoms with Crippen LogP contribution in [0.25, 0.3) is 0 Å². The van der Waals surface area contributed by atoms with Gasteiger partial charge in [0, 0.05) is 0 Å². The third-order valence-corrected chi connectivity index (χ3v) is 3.34. The van der Waals surface area contributed by atoms with Gasteiger partial charge in [-0.25, -0.2) is 5.43 Å². The Morgan fingerprint density at radius 1 is 1.00 bits per heavy atom. The highest BCUT2D eigenvalue weighted by Crippen LogP contribution is 2.20. The van der Waals surface area contributed by atoms with Gasteiger partial charge in [0.1, 0.15) is 6.42 Å². The summed E-state index contributed by atoms with van der Waals surface area (Å²) >= 11 is 5.94. The Labute approximate surface area is 139 Å². The topological polar surface area (TPSA) is 70.6 Å². The van der Waals surface area contributed by atoms with Crippen molar-refractivity contribution in [3.05, 3.63) is 65.2 Å². The molecule has 2 aromatic rings. The van der Waals surface area contributed by atoms with E-state index >= 15 is 0 Å². The zero-order chi connectivity index (χ0) is 16.7. The molecule has 0 bridgehead atoms. The van der Waals surface area contributed by atoms with Gasteiger partial charge < -0.3 is 5.32 Å². The van der Waals surface area contributed by atoms with Crippen molar-refractivity contribution in [1.82, 2.24) is 5.43 Å². The standard InChI is InChI=1S/C17H16ClN3O2/c1-12(13-7-3-2-4-8-13)20-21-17(23)11-16(22)19-15-10-6-5-9-14(15)18/h2-10H,11H2,1H3,(H,19,22)(H,21,23). The van der Waals surface area contributed by atoms with E-state index in [1.807, 2.05) is 30.3 Å². The Bertz CT molecular complexity index is 730. The van der Waals surface area contributed by atoms with Crippen molar-refractivity contribution in [2.75, 3.05) is 5.32 Å². The number of rotatable bonds is 5. The first-order valence-corrected chi connectivity index (χ1v) is 7.37. The Morgan fingerprint density at radius 3 is 2.35 bits per heavy atom.